The first kappa shape index (κ1) is 16.1. The molecule has 1 aliphatic heterocycles. The third kappa shape index (κ3) is 2.90. The minimum Gasteiger partial charge on any atom is -0.337 e. The molecule has 2 aliphatic rings. The summed E-state index contributed by atoms with van der Waals surface area (Å²) in [5, 5.41) is 4.42. The number of hydrogen-bond acceptors (Lipinski definition) is 3. The van der Waals surface area contributed by atoms with E-state index in [0.717, 1.165) is 44.3 Å². The molecule has 0 N–H and O–H groups in total. The lowest BCUT2D eigenvalue weighted by Gasteiger charge is -2.25. The molecule has 1 amide bonds. The zero-order valence-corrected chi connectivity index (χ0v) is 14.6. The summed E-state index contributed by atoms with van der Waals surface area (Å²) in [6.45, 7) is 0.738. The van der Waals surface area contributed by atoms with E-state index in [-0.39, 0.29) is 24.2 Å². The van der Waals surface area contributed by atoms with Gasteiger partial charge in [-0.1, -0.05) is 30.7 Å². The molecule has 1 atom stereocenters. The van der Waals surface area contributed by atoms with Gasteiger partial charge in [0.2, 0.25) is 5.91 Å². The Balaban J connectivity index is 1.52. The zero-order valence-electron chi connectivity index (χ0n) is 14.6. The predicted molar refractivity (Wildman–Crippen MR) is 94.3 cm³/mol. The highest BCUT2D eigenvalue weighted by Crippen LogP contribution is 2.34. The molecule has 0 fully saturated rings. The number of carbonyl (C=O) groups is 1. The fourth-order valence-electron chi connectivity index (χ4n) is 4.08. The number of fused-ring (bicyclic) bond motifs is 2. The van der Waals surface area contributed by atoms with Crippen molar-refractivity contribution in [3.8, 4) is 0 Å². The summed E-state index contributed by atoms with van der Waals surface area (Å²) < 4.78 is 3.09. The molecule has 0 bridgehead atoms. The molecule has 0 saturated carbocycles. The summed E-state index contributed by atoms with van der Waals surface area (Å²) in [5.74, 6) is 0.765. The SMILES string of the molecule is CN(C(=O)Cn1nc2n(c1=O)CCCCC2)C1CCc2ccccc21. The van der Waals surface area contributed by atoms with Crippen LogP contribution >= 0.6 is 0 Å². The Labute approximate surface area is 147 Å². The molecule has 0 spiro atoms. The van der Waals surface area contributed by atoms with E-state index in [1.54, 1.807) is 9.47 Å². The molecule has 0 saturated heterocycles. The fraction of sp³-hybridized carbons (Fsp3) is 0.526. The Kier molecular flexibility index (Phi) is 4.19. The maximum absolute atomic E-state index is 12.8. The molecule has 132 valence electrons. The van der Waals surface area contributed by atoms with Crippen molar-refractivity contribution in [2.75, 3.05) is 7.05 Å². The minimum atomic E-state index is -0.148. The molecular formula is C19H24N4O2. The summed E-state index contributed by atoms with van der Waals surface area (Å²) in [6, 6.07) is 8.39. The van der Waals surface area contributed by atoms with Crippen molar-refractivity contribution in [1.29, 1.82) is 0 Å². The predicted octanol–water partition coefficient (Wildman–Crippen LogP) is 1.92. The van der Waals surface area contributed by atoms with Crippen LogP contribution in [0.4, 0.5) is 0 Å². The van der Waals surface area contributed by atoms with E-state index < -0.39 is 0 Å². The van der Waals surface area contributed by atoms with Crippen molar-refractivity contribution in [3.05, 3.63) is 51.7 Å². The number of benzene rings is 1. The summed E-state index contributed by atoms with van der Waals surface area (Å²) in [7, 11) is 1.83. The van der Waals surface area contributed by atoms with Crippen LogP contribution in [0.1, 0.15) is 48.7 Å². The van der Waals surface area contributed by atoms with Crippen LogP contribution in [0.25, 0.3) is 0 Å². The number of amides is 1. The molecular weight excluding hydrogens is 316 g/mol. The second-order valence-corrected chi connectivity index (χ2v) is 7.08. The average molecular weight is 340 g/mol. The van der Waals surface area contributed by atoms with Crippen LogP contribution in [0.2, 0.25) is 0 Å². The van der Waals surface area contributed by atoms with Gasteiger partial charge in [-0.3, -0.25) is 9.36 Å². The molecule has 0 radical (unpaired) electrons. The maximum Gasteiger partial charge on any atom is 0.346 e. The highest BCUT2D eigenvalue weighted by atomic mass is 16.2. The van der Waals surface area contributed by atoms with Crippen LogP contribution in [-0.2, 0) is 30.7 Å². The fourth-order valence-corrected chi connectivity index (χ4v) is 4.08. The third-order valence-corrected chi connectivity index (χ3v) is 5.53. The zero-order chi connectivity index (χ0) is 17.4. The normalized spacial score (nSPS) is 19.2. The molecule has 25 heavy (non-hydrogen) atoms. The van der Waals surface area contributed by atoms with Crippen molar-refractivity contribution < 1.29 is 4.79 Å². The summed E-state index contributed by atoms with van der Waals surface area (Å²) in [4.78, 5) is 27.1. The van der Waals surface area contributed by atoms with Crippen LogP contribution in [0.15, 0.2) is 29.1 Å². The Morgan fingerprint density at radius 3 is 2.96 bits per heavy atom. The lowest BCUT2D eigenvalue weighted by Crippen LogP contribution is -2.36. The van der Waals surface area contributed by atoms with E-state index in [1.807, 2.05) is 19.2 Å². The van der Waals surface area contributed by atoms with Crippen molar-refractivity contribution in [3.63, 3.8) is 0 Å². The van der Waals surface area contributed by atoms with E-state index >= 15 is 0 Å². The van der Waals surface area contributed by atoms with E-state index in [1.165, 1.54) is 15.8 Å². The van der Waals surface area contributed by atoms with Gasteiger partial charge < -0.3 is 4.90 Å². The lowest BCUT2D eigenvalue weighted by atomic mass is 10.1. The van der Waals surface area contributed by atoms with Crippen LogP contribution < -0.4 is 5.69 Å². The van der Waals surface area contributed by atoms with Crippen LogP contribution in [-0.4, -0.2) is 32.2 Å². The molecule has 6 nitrogen and oxygen atoms in total. The van der Waals surface area contributed by atoms with Crippen molar-refractivity contribution in [2.24, 2.45) is 0 Å². The number of hydrogen-bond donors (Lipinski definition) is 0. The topological polar surface area (TPSA) is 60.1 Å². The summed E-state index contributed by atoms with van der Waals surface area (Å²) in [5.41, 5.74) is 2.40. The van der Waals surface area contributed by atoms with E-state index in [9.17, 15) is 9.59 Å². The molecule has 1 aromatic carbocycles. The van der Waals surface area contributed by atoms with Gasteiger partial charge in [0.25, 0.3) is 0 Å². The van der Waals surface area contributed by atoms with Crippen molar-refractivity contribution in [2.45, 2.75) is 57.7 Å². The standard InChI is InChI=1S/C19H24N4O2/c1-21(16-11-10-14-7-4-5-8-15(14)16)18(24)13-23-19(25)22-12-6-2-3-9-17(22)20-23/h4-5,7-8,16H,2-3,6,9-13H2,1H3. The van der Waals surface area contributed by atoms with Gasteiger partial charge in [-0.15, -0.1) is 0 Å². The smallest absolute Gasteiger partial charge is 0.337 e. The van der Waals surface area contributed by atoms with Gasteiger partial charge in [0.1, 0.15) is 12.4 Å². The number of nitrogens with zero attached hydrogens (tertiary/aromatic N) is 4. The van der Waals surface area contributed by atoms with Crippen molar-refractivity contribution in [1.82, 2.24) is 19.2 Å². The average Bonchev–Trinajstić information content (AvgIpc) is 3.07. The Morgan fingerprint density at radius 2 is 2.08 bits per heavy atom. The summed E-state index contributed by atoms with van der Waals surface area (Å²) in [6.07, 6.45) is 5.95. The molecule has 1 aromatic heterocycles. The Hall–Kier alpha value is -2.37. The van der Waals surface area contributed by atoms with Crippen LogP contribution in [0.5, 0.6) is 0 Å². The van der Waals surface area contributed by atoms with Crippen molar-refractivity contribution >= 4 is 5.91 Å². The van der Waals surface area contributed by atoms with E-state index in [0.29, 0.717) is 6.54 Å². The number of aromatic nitrogens is 3. The van der Waals surface area contributed by atoms with Gasteiger partial charge in [-0.2, -0.15) is 5.10 Å². The molecule has 1 aliphatic carbocycles. The maximum atomic E-state index is 12.8. The second kappa shape index (κ2) is 6.50. The number of carbonyl (C=O) groups excluding carboxylic acids is 1. The first-order valence-electron chi connectivity index (χ1n) is 9.15. The number of aryl methyl sites for hydroxylation is 2. The van der Waals surface area contributed by atoms with Gasteiger partial charge >= 0.3 is 5.69 Å². The van der Waals surface area contributed by atoms with Crippen LogP contribution in [0, 0.1) is 0 Å². The molecule has 1 unspecified atom stereocenters. The van der Waals surface area contributed by atoms with Gasteiger partial charge in [-0.05, 0) is 36.8 Å². The molecule has 6 heteroatoms. The third-order valence-electron chi connectivity index (χ3n) is 5.53. The summed E-state index contributed by atoms with van der Waals surface area (Å²) >= 11 is 0. The lowest BCUT2D eigenvalue weighted by molar-refractivity contribution is -0.133. The monoisotopic (exact) mass is 340 g/mol. The first-order valence-corrected chi connectivity index (χ1v) is 9.15. The first-order chi connectivity index (χ1) is 12.1. The minimum absolute atomic E-state index is 0.0218. The van der Waals surface area contributed by atoms with Gasteiger partial charge in [0.15, 0.2) is 0 Å². The van der Waals surface area contributed by atoms with Gasteiger partial charge in [0.05, 0.1) is 6.04 Å². The highest BCUT2D eigenvalue weighted by Gasteiger charge is 2.29. The molecule has 2 aromatic rings. The largest absolute Gasteiger partial charge is 0.346 e. The van der Waals surface area contributed by atoms with Gasteiger partial charge in [-0.25, -0.2) is 9.48 Å². The quantitative estimate of drug-likeness (QED) is 0.858. The Morgan fingerprint density at radius 1 is 1.24 bits per heavy atom. The molecule has 2 heterocycles. The second-order valence-electron chi connectivity index (χ2n) is 7.08. The molecule has 4 rings (SSSR count). The van der Waals surface area contributed by atoms with E-state index in [2.05, 4.69) is 17.2 Å². The number of likely N-dealkylation sites (N-methyl/N-ethyl adjacent to an activating group) is 1. The Bertz CT molecular complexity index is 851. The van der Waals surface area contributed by atoms with Crippen LogP contribution in [0.3, 0.4) is 0 Å². The van der Waals surface area contributed by atoms with Gasteiger partial charge in [0, 0.05) is 20.0 Å². The number of rotatable bonds is 3. The highest BCUT2D eigenvalue weighted by molar-refractivity contribution is 5.76. The van der Waals surface area contributed by atoms with E-state index in [4.69, 9.17) is 0 Å².